The summed E-state index contributed by atoms with van der Waals surface area (Å²) < 4.78 is 17.1. The molecule has 1 aliphatic carbocycles. The van der Waals surface area contributed by atoms with Crippen LogP contribution in [-0.2, 0) is 16.0 Å². The second kappa shape index (κ2) is 12.7. The number of hydrogen-bond acceptors (Lipinski definition) is 8. The lowest BCUT2D eigenvalue weighted by Gasteiger charge is -2.22. The van der Waals surface area contributed by atoms with E-state index in [1.165, 1.54) is 20.1 Å². The maximum absolute atomic E-state index is 13.8. The number of aromatic amines is 1. The van der Waals surface area contributed by atoms with Crippen LogP contribution in [0, 0.1) is 5.92 Å². The normalized spacial score (nSPS) is 14.6. The average Bonchev–Trinajstić information content (AvgIpc) is 3.34. The molecule has 0 bridgehead atoms. The van der Waals surface area contributed by atoms with Crippen LogP contribution in [0.4, 0.5) is 11.4 Å². The van der Waals surface area contributed by atoms with Crippen molar-refractivity contribution in [3.05, 3.63) is 70.1 Å². The van der Waals surface area contributed by atoms with Gasteiger partial charge < -0.3 is 35.1 Å². The number of imidazole rings is 1. The van der Waals surface area contributed by atoms with Crippen molar-refractivity contribution >= 4 is 34.2 Å². The van der Waals surface area contributed by atoms with E-state index in [0.717, 1.165) is 22.2 Å². The molecule has 230 valence electrons. The van der Waals surface area contributed by atoms with E-state index in [9.17, 15) is 14.4 Å². The fraction of sp³-hybridized carbons (Fsp3) is 0.333. The van der Waals surface area contributed by atoms with Gasteiger partial charge in [-0.05, 0) is 71.8 Å². The molecule has 0 fully saturated rings. The summed E-state index contributed by atoms with van der Waals surface area (Å²) in [6, 6.07) is 11.2. The number of ether oxygens (including phenoxy) is 3. The van der Waals surface area contributed by atoms with Gasteiger partial charge in [-0.1, -0.05) is 19.9 Å². The van der Waals surface area contributed by atoms with Crippen LogP contribution in [0.25, 0.3) is 22.2 Å². The molecular formula is C33H37N5O6. The van der Waals surface area contributed by atoms with Crippen molar-refractivity contribution < 1.29 is 23.8 Å². The molecule has 5 rings (SSSR count). The standard InChI is InChI=1S/C33H37N5O6/c1-17(2)30(33(41)37-20-8-11-24-26(14-20)35-16-34-24)38-25-12-9-21-22(15-27(25)40)23(36-18(3)39)10-7-19-13-28(42-4)31(43-5)32(44-6)29(19)21/h8-9,11-17,23,30H,7,10H2,1-6H3,(H,34,35)(H,36,39)(H,37,41)(H,38,40)/t23-,30-/m1/s1. The quantitative estimate of drug-likeness (QED) is 0.215. The number of aromatic nitrogens is 2. The van der Waals surface area contributed by atoms with E-state index in [0.29, 0.717) is 46.9 Å². The zero-order valence-electron chi connectivity index (χ0n) is 25.7. The summed E-state index contributed by atoms with van der Waals surface area (Å²) >= 11 is 0. The Kier molecular flexibility index (Phi) is 8.75. The van der Waals surface area contributed by atoms with Crippen LogP contribution >= 0.6 is 0 Å². The van der Waals surface area contributed by atoms with Gasteiger partial charge in [0.25, 0.3) is 0 Å². The highest BCUT2D eigenvalue weighted by Crippen LogP contribution is 2.50. The van der Waals surface area contributed by atoms with Gasteiger partial charge in [-0.25, -0.2) is 4.98 Å². The molecule has 0 radical (unpaired) electrons. The number of hydrogen-bond donors (Lipinski definition) is 4. The first-order valence-corrected chi connectivity index (χ1v) is 14.4. The molecule has 0 unspecified atom stereocenters. The second-order valence-electron chi connectivity index (χ2n) is 11.1. The molecule has 4 aromatic rings. The molecule has 1 aromatic heterocycles. The molecule has 2 amide bonds. The molecule has 11 heteroatoms. The number of benzene rings is 2. The lowest BCUT2D eigenvalue weighted by Crippen LogP contribution is -2.39. The number of amides is 2. The Hall–Kier alpha value is -5.06. The highest BCUT2D eigenvalue weighted by Gasteiger charge is 2.30. The molecule has 3 aromatic carbocycles. The number of H-pyrrole nitrogens is 1. The van der Waals surface area contributed by atoms with Crippen LogP contribution in [0.15, 0.2) is 53.6 Å². The smallest absolute Gasteiger partial charge is 0.247 e. The van der Waals surface area contributed by atoms with Crippen molar-refractivity contribution in [3.8, 4) is 28.4 Å². The molecule has 0 saturated heterocycles. The molecule has 2 atom stereocenters. The Balaban J connectivity index is 1.59. The number of aryl methyl sites for hydroxylation is 1. The van der Waals surface area contributed by atoms with Crippen molar-refractivity contribution in [2.24, 2.45) is 5.92 Å². The minimum atomic E-state index is -0.723. The number of methoxy groups -OCH3 is 3. The summed E-state index contributed by atoms with van der Waals surface area (Å²) in [5.74, 6) is 0.760. The summed E-state index contributed by atoms with van der Waals surface area (Å²) in [4.78, 5) is 46.8. The number of anilines is 2. The molecule has 0 saturated carbocycles. The van der Waals surface area contributed by atoms with Gasteiger partial charge in [-0.3, -0.25) is 14.4 Å². The summed E-state index contributed by atoms with van der Waals surface area (Å²) in [6.07, 6.45) is 2.73. The second-order valence-corrected chi connectivity index (χ2v) is 11.1. The third-order valence-electron chi connectivity index (χ3n) is 7.86. The van der Waals surface area contributed by atoms with Gasteiger partial charge in [0, 0.05) is 18.2 Å². The first kappa shape index (κ1) is 30.4. The van der Waals surface area contributed by atoms with Crippen molar-refractivity contribution in [3.63, 3.8) is 0 Å². The Morgan fingerprint density at radius 1 is 1.00 bits per heavy atom. The maximum atomic E-state index is 13.8. The number of nitrogens with one attached hydrogen (secondary N) is 4. The highest BCUT2D eigenvalue weighted by molar-refractivity contribution is 5.98. The average molecular weight is 600 g/mol. The molecule has 4 N–H and O–H groups in total. The van der Waals surface area contributed by atoms with E-state index in [-0.39, 0.29) is 28.8 Å². The first-order chi connectivity index (χ1) is 21.1. The van der Waals surface area contributed by atoms with Gasteiger partial charge in [0.05, 0.1) is 50.4 Å². The van der Waals surface area contributed by atoms with Crippen LogP contribution < -0.4 is 35.6 Å². The number of nitrogens with zero attached hydrogens (tertiary/aromatic N) is 1. The van der Waals surface area contributed by atoms with Gasteiger partial charge in [0.1, 0.15) is 6.04 Å². The molecule has 1 heterocycles. The largest absolute Gasteiger partial charge is 0.493 e. The third-order valence-corrected chi connectivity index (χ3v) is 7.86. The molecule has 0 aliphatic heterocycles. The summed E-state index contributed by atoms with van der Waals surface area (Å²) in [5.41, 5.74) is 5.16. The van der Waals surface area contributed by atoms with E-state index < -0.39 is 12.1 Å². The highest BCUT2D eigenvalue weighted by atomic mass is 16.5. The predicted molar refractivity (Wildman–Crippen MR) is 170 cm³/mol. The van der Waals surface area contributed by atoms with Crippen molar-refractivity contribution in [1.82, 2.24) is 15.3 Å². The fourth-order valence-electron chi connectivity index (χ4n) is 5.76. The number of fused-ring (bicyclic) bond motifs is 4. The van der Waals surface area contributed by atoms with Crippen LogP contribution in [-0.4, -0.2) is 49.2 Å². The van der Waals surface area contributed by atoms with E-state index >= 15 is 0 Å². The van der Waals surface area contributed by atoms with E-state index in [2.05, 4.69) is 25.9 Å². The van der Waals surface area contributed by atoms with Gasteiger partial charge in [-0.15, -0.1) is 0 Å². The Morgan fingerprint density at radius 2 is 1.77 bits per heavy atom. The first-order valence-electron chi connectivity index (χ1n) is 14.4. The predicted octanol–water partition coefficient (Wildman–Crippen LogP) is 4.81. The van der Waals surface area contributed by atoms with E-state index in [1.807, 2.05) is 38.1 Å². The summed E-state index contributed by atoms with van der Waals surface area (Å²) in [6.45, 7) is 5.27. The van der Waals surface area contributed by atoms with Crippen LogP contribution in [0.5, 0.6) is 17.2 Å². The Bertz CT molecular complexity index is 1780. The topological polar surface area (TPSA) is 144 Å². The monoisotopic (exact) mass is 599 g/mol. The van der Waals surface area contributed by atoms with Gasteiger partial charge in [0.2, 0.25) is 23.0 Å². The van der Waals surface area contributed by atoms with Crippen molar-refractivity contribution in [1.29, 1.82) is 0 Å². The Labute approximate surface area is 255 Å². The molecule has 1 aliphatic rings. The van der Waals surface area contributed by atoms with Gasteiger partial charge in [0.15, 0.2) is 11.5 Å². The maximum Gasteiger partial charge on any atom is 0.247 e. The van der Waals surface area contributed by atoms with Gasteiger partial charge >= 0.3 is 0 Å². The van der Waals surface area contributed by atoms with E-state index in [1.54, 1.807) is 32.7 Å². The third kappa shape index (κ3) is 5.90. The van der Waals surface area contributed by atoms with E-state index in [4.69, 9.17) is 14.2 Å². The number of carbonyl (C=O) groups excluding carboxylic acids is 2. The van der Waals surface area contributed by atoms with Crippen LogP contribution in [0.2, 0.25) is 0 Å². The fourth-order valence-corrected chi connectivity index (χ4v) is 5.76. The SMILES string of the molecule is COc1cc2c(c(OC)c1OC)-c1ccc(N[C@@H](C(=O)Nc3ccc4nc[nH]c4c3)C(C)C)c(=O)cc1[C@H](NC(C)=O)CC2. The molecule has 44 heavy (non-hydrogen) atoms. The molecule has 0 spiro atoms. The number of rotatable bonds is 9. The summed E-state index contributed by atoms with van der Waals surface area (Å²) in [5, 5.41) is 9.16. The molecule has 11 nitrogen and oxygen atoms in total. The van der Waals surface area contributed by atoms with Crippen molar-refractivity contribution in [2.45, 2.75) is 45.7 Å². The molecular weight excluding hydrogens is 562 g/mol. The minimum absolute atomic E-state index is 0.154. The zero-order valence-corrected chi connectivity index (χ0v) is 25.7. The van der Waals surface area contributed by atoms with Crippen molar-refractivity contribution in [2.75, 3.05) is 32.0 Å². The minimum Gasteiger partial charge on any atom is -0.493 e. The lowest BCUT2D eigenvalue weighted by atomic mass is 9.95. The lowest BCUT2D eigenvalue weighted by molar-refractivity contribution is -0.120. The zero-order chi connectivity index (χ0) is 31.5. The van der Waals surface area contributed by atoms with Crippen LogP contribution in [0.3, 0.4) is 0 Å². The van der Waals surface area contributed by atoms with Gasteiger partial charge in [-0.2, -0.15) is 0 Å². The summed E-state index contributed by atoms with van der Waals surface area (Å²) in [7, 11) is 4.66. The Morgan fingerprint density at radius 3 is 2.45 bits per heavy atom. The number of carbonyl (C=O) groups is 2. The van der Waals surface area contributed by atoms with Crippen LogP contribution in [0.1, 0.15) is 44.4 Å².